The van der Waals surface area contributed by atoms with Crippen LogP contribution in [0.25, 0.3) is 0 Å². The summed E-state index contributed by atoms with van der Waals surface area (Å²) < 4.78 is 0. The molecule has 0 heteroatoms. The van der Waals surface area contributed by atoms with Crippen molar-refractivity contribution in [3.63, 3.8) is 0 Å². The molecule has 0 saturated heterocycles. The van der Waals surface area contributed by atoms with Crippen LogP contribution >= 0.6 is 0 Å². The molecule has 0 N–H and O–H groups in total. The molecule has 0 heterocycles. The fourth-order valence-electron chi connectivity index (χ4n) is 8.56. The average Bonchev–Trinajstić information content (AvgIpc) is 3.30. The number of benzene rings is 1. The molecule has 0 bridgehead atoms. The third-order valence-corrected chi connectivity index (χ3v) is 13.7. The van der Waals surface area contributed by atoms with Gasteiger partial charge in [-0.1, -0.05) is 161 Å². The standard InChI is InChI=1S/C43H76/c1-30(2)25-36(8,9)38(12,13)27-40(16,17)41(18,19)33-22-32(35(5,6)7)23-34(24-33)43(21)29-42(43,20)28-39(14,15)37(10,11)26-31(3)4/h22-25,31H,26-29H2,1-21H3. The lowest BCUT2D eigenvalue weighted by Gasteiger charge is -2.51. The second-order valence-corrected chi connectivity index (χ2v) is 21.2. The fraction of sp³-hybridized carbons (Fsp3) is 0.814. The molecule has 248 valence electrons. The van der Waals surface area contributed by atoms with Crippen molar-refractivity contribution < 1.29 is 0 Å². The van der Waals surface area contributed by atoms with Crippen molar-refractivity contribution in [3.8, 4) is 0 Å². The molecule has 0 amide bonds. The lowest BCUT2D eigenvalue weighted by atomic mass is 9.53. The molecule has 43 heavy (non-hydrogen) atoms. The fourth-order valence-corrected chi connectivity index (χ4v) is 8.56. The average molecular weight is 593 g/mol. The zero-order chi connectivity index (χ0) is 34.0. The molecule has 0 nitrogen and oxygen atoms in total. The highest BCUT2D eigenvalue weighted by Gasteiger charge is 2.64. The van der Waals surface area contributed by atoms with Crippen LogP contribution in [0.1, 0.15) is 188 Å². The van der Waals surface area contributed by atoms with E-state index in [-0.39, 0.29) is 37.9 Å². The monoisotopic (exact) mass is 593 g/mol. The molecule has 1 fully saturated rings. The molecule has 0 aromatic heterocycles. The van der Waals surface area contributed by atoms with Crippen molar-refractivity contribution in [2.24, 2.45) is 38.4 Å². The molecule has 2 unspecified atom stereocenters. The number of allylic oxidation sites excluding steroid dienone is 2. The van der Waals surface area contributed by atoms with Gasteiger partial charge in [0.05, 0.1) is 0 Å². The van der Waals surface area contributed by atoms with Crippen molar-refractivity contribution in [1.29, 1.82) is 0 Å². The lowest BCUT2D eigenvalue weighted by Crippen LogP contribution is -2.44. The van der Waals surface area contributed by atoms with Gasteiger partial charge < -0.3 is 0 Å². The highest BCUT2D eigenvalue weighted by Crippen LogP contribution is 2.70. The summed E-state index contributed by atoms with van der Waals surface area (Å²) >= 11 is 0. The van der Waals surface area contributed by atoms with Gasteiger partial charge in [0.1, 0.15) is 0 Å². The van der Waals surface area contributed by atoms with Gasteiger partial charge in [-0.25, -0.2) is 0 Å². The normalized spacial score (nSPS) is 22.7. The summed E-state index contributed by atoms with van der Waals surface area (Å²) in [7, 11) is 0. The Bertz CT molecular complexity index is 1160. The summed E-state index contributed by atoms with van der Waals surface area (Å²) in [6, 6.07) is 7.80. The molecule has 2 atom stereocenters. The first-order chi connectivity index (χ1) is 18.8. The summed E-state index contributed by atoms with van der Waals surface area (Å²) in [5.41, 5.74) is 7.61. The van der Waals surface area contributed by atoms with Crippen molar-refractivity contribution >= 4 is 0 Å². The van der Waals surface area contributed by atoms with Crippen molar-refractivity contribution in [1.82, 2.24) is 0 Å². The van der Waals surface area contributed by atoms with E-state index in [0.29, 0.717) is 10.8 Å². The van der Waals surface area contributed by atoms with E-state index < -0.39 is 0 Å². The molecule has 1 aromatic carbocycles. The van der Waals surface area contributed by atoms with Crippen LogP contribution in [0.5, 0.6) is 0 Å². The van der Waals surface area contributed by atoms with Gasteiger partial charge >= 0.3 is 0 Å². The smallest absolute Gasteiger partial charge is 0.00153 e. The zero-order valence-corrected chi connectivity index (χ0v) is 33.2. The lowest BCUT2D eigenvalue weighted by molar-refractivity contribution is 0.0480. The molecule has 1 aliphatic rings. The first-order valence-corrected chi connectivity index (χ1v) is 17.6. The summed E-state index contributed by atoms with van der Waals surface area (Å²) in [5, 5.41) is 0. The minimum absolute atomic E-state index is 0.0154. The van der Waals surface area contributed by atoms with Crippen LogP contribution in [0.15, 0.2) is 29.8 Å². The maximum Gasteiger partial charge on any atom is -0.00153 e. The van der Waals surface area contributed by atoms with Gasteiger partial charge in [-0.05, 0) is 111 Å². The quantitative estimate of drug-likeness (QED) is 0.212. The van der Waals surface area contributed by atoms with Gasteiger partial charge in [-0.3, -0.25) is 0 Å². The maximum atomic E-state index is 2.64. The van der Waals surface area contributed by atoms with Crippen LogP contribution in [0.4, 0.5) is 0 Å². The van der Waals surface area contributed by atoms with Gasteiger partial charge in [-0.15, -0.1) is 0 Å². The zero-order valence-electron chi connectivity index (χ0n) is 33.2. The van der Waals surface area contributed by atoms with Crippen molar-refractivity contribution in [2.75, 3.05) is 0 Å². The SMILES string of the molecule is CC(C)=CC(C)(C)C(C)(C)CC(C)(C)C(C)(C)c1cc(C(C)(C)C)cc(C2(C)CC2(C)CC(C)(C)C(C)(C)CC(C)C)c1. The summed E-state index contributed by atoms with van der Waals surface area (Å²) in [4.78, 5) is 0. The predicted octanol–water partition coefficient (Wildman–Crippen LogP) is 13.9. The Kier molecular flexibility index (Phi) is 10.1. The molecule has 0 aliphatic heterocycles. The van der Waals surface area contributed by atoms with Crippen LogP contribution in [0.3, 0.4) is 0 Å². The molecule has 1 saturated carbocycles. The van der Waals surface area contributed by atoms with Crippen molar-refractivity contribution in [2.45, 2.75) is 187 Å². The Morgan fingerprint density at radius 2 is 1.19 bits per heavy atom. The Morgan fingerprint density at radius 1 is 0.698 bits per heavy atom. The molecule has 0 spiro atoms. The summed E-state index contributed by atoms with van der Waals surface area (Å²) in [6.45, 7) is 51.6. The second-order valence-electron chi connectivity index (χ2n) is 21.2. The van der Waals surface area contributed by atoms with E-state index >= 15 is 0 Å². The molecule has 2 rings (SSSR count). The van der Waals surface area contributed by atoms with E-state index in [1.54, 1.807) is 5.56 Å². The Labute approximate surface area is 271 Å². The number of hydrogen-bond acceptors (Lipinski definition) is 0. The Balaban J connectivity index is 2.61. The summed E-state index contributed by atoms with van der Waals surface area (Å²) in [6.07, 6.45) is 7.48. The Morgan fingerprint density at radius 3 is 1.63 bits per heavy atom. The number of rotatable bonds is 12. The van der Waals surface area contributed by atoms with Gasteiger partial charge in [0, 0.05) is 0 Å². The Hall–Kier alpha value is -1.04. The molecular weight excluding hydrogens is 516 g/mol. The van der Waals surface area contributed by atoms with Crippen LogP contribution < -0.4 is 0 Å². The van der Waals surface area contributed by atoms with E-state index in [4.69, 9.17) is 0 Å². The van der Waals surface area contributed by atoms with E-state index in [0.717, 1.165) is 12.3 Å². The van der Waals surface area contributed by atoms with Crippen LogP contribution in [-0.4, -0.2) is 0 Å². The summed E-state index contributed by atoms with van der Waals surface area (Å²) in [5.74, 6) is 0.724. The van der Waals surface area contributed by atoms with Gasteiger partial charge in [0.25, 0.3) is 0 Å². The largest absolute Gasteiger partial charge is 0.0799 e. The minimum atomic E-state index is 0.0154. The van der Waals surface area contributed by atoms with Crippen LogP contribution in [0, 0.1) is 38.4 Å². The maximum absolute atomic E-state index is 2.64. The molecule has 1 aliphatic carbocycles. The highest BCUT2D eigenvalue weighted by atomic mass is 14.7. The van der Waals surface area contributed by atoms with Crippen LogP contribution in [-0.2, 0) is 16.2 Å². The van der Waals surface area contributed by atoms with Crippen LogP contribution in [0.2, 0.25) is 0 Å². The van der Waals surface area contributed by atoms with Crippen molar-refractivity contribution in [3.05, 3.63) is 46.5 Å². The predicted molar refractivity (Wildman–Crippen MR) is 195 cm³/mol. The first kappa shape index (κ1) is 38.1. The molecule has 1 aromatic rings. The van der Waals surface area contributed by atoms with E-state index in [9.17, 15) is 0 Å². The first-order valence-electron chi connectivity index (χ1n) is 17.6. The topological polar surface area (TPSA) is 0 Å². The van der Waals surface area contributed by atoms with Gasteiger partial charge in [0.2, 0.25) is 0 Å². The third-order valence-electron chi connectivity index (χ3n) is 13.7. The van der Waals surface area contributed by atoms with E-state index in [1.165, 1.54) is 36.0 Å². The molecule has 0 radical (unpaired) electrons. The molecular formula is C43H76. The number of hydrogen-bond donors (Lipinski definition) is 0. The van der Waals surface area contributed by atoms with Gasteiger partial charge in [-0.2, -0.15) is 0 Å². The minimum Gasteiger partial charge on any atom is -0.0799 e. The van der Waals surface area contributed by atoms with Gasteiger partial charge in [0.15, 0.2) is 0 Å². The van der Waals surface area contributed by atoms with E-state index in [2.05, 4.69) is 170 Å². The second kappa shape index (κ2) is 11.3. The van der Waals surface area contributed by atoms with E-state index in [1.807, 2.05) is 0 Å². The third kappa shape index (κ3) is 7.51. The highest BCUT2D eigenvalue weighted by molar-refractivity contribution is 5.46.